The zero-order valence-electron chi connectivity index (χ0n) is 14.2. The fourth-order valence-corrected chi connectivity index (χ4v) is 3.92. The highest BCUT2D eigenvalue weighted by atomic mass is 32.2. The third-order valence-corrected chi connectivity index (χ3v) is 6.67. The number of hydrogen-bond acceptors (Lipinski definition) is 6. The van der Waals surface area contributed by atoms with Gasteiger partial charge in [0.2, 0.25) is 11.0 Å². The van der Waals surface area contributed by atoms with Crippen LogP contribution in [-0.2, 0) is 20.0 Å². The van der Waals surface area contributed by atoms with Gasteiger partial charge in [0.1, 0.15) is 10.8 Å². The summed E-state index contributed by atoms with van der Waals surface area (Å²) in [5, 5.41) is 11.7. The van der Waals surface area contributed by atoms with Crippen LogP contribution in [0.4, 0.5) is 5.13 Å². The molecule has 0 bridgehead atoms. The molecule has 1 amide bonds. The lowest BCUT2D eigenvalue weighted by Gasteiger charge is -2.17. The third kappa shape index (κ3) is 4.39. The Balaban J connectivity index is 2.07. The fourth-order valence-electron chi connectivity index (χ4n) is 1.86. The van der Waals surface area contributed by atoms with E-state index in [1.165, 1.54) is 23.5 Å². The topological polar surface area (TPSA) is 89.0 Å². The van der Waals surface area contributed by atoms with Crippen LogP contribution >= 0.6 is 11.3 Å². The Morgan fingerprint density at radius 3 is 2.42 bits per heavy atom. The molecule has 8 heteroatoms. The monoisotopic (exact) mass is 367 g/mol. The molecule has 6 nitrogen and oxygen atoms in total. The van der Waals surface area contributed by atoms with Crippen molar-refractivity contribution in [3.63, 3.8) is 0 Å². The molecule has 0 spiro atoms. The molecule has 1 N–H and O–H groups in total. The number of sulfone groups is 1. The van der Waals surface area contributed by atoms with E-state index >= 15 is 0 Å². The molecular formula is C16H21N3O3S2. The quantitative estimate of drug-likeness (QED) is 0.848. The maximum absolute atomic E-state index is 12.3. The Labute approximate surface area is 146 Å². The predicted octanol–water partition coefficient (Wildman–Crippen LogP) is 2.95. The van der Waals surface area contributed by atoms with E-state index in [-0.39, 0.29) is 10.3 Å². The van der Waals surface area contributed by atoms with Gasteiger partial charge in [0.15, 0.2) is 9.84 Å². The van der Waals surface area contributed by atoms with Crippen LogP contribution < -0.4 is 5.32 Å². The lowest BCUT2D eigenvalue weighted by atomic mass is 9.91. The van der Waals surface area contributed by atoms with Gasteiger partial charge in [-0.15, -0.1) is 10.2 Å². The zero-order chi connectivity index (χ0) is 18.0. The highest BCUT2D eigenvalue weighted by molar-refractivity contribution is 7.92. The van der Waals surface area contributed by atoms with Crippen LogP contribution in [0.2, 0.25) is 0 Å². The van der Waals surface area contributed by atoms with Gasteiger partial charge in [-0.05, 0) is 25.5 Å². The van der Waals surface area contributed by atoms with Crippen molar-refractivity contribution in [1.29, 1.82) is 0 Å². The van der Waals surface area contributed by atoms with E-state index in [9.17, 15) is 13.2 Å². The average Bonchev–Trinajstić information content (AvgIpc) is 2.96. The van der Waals surface area contributed by atoms with Gasteiger partial charge in [-0.3, -0.25) is 10.1 Å². The lowest BCUT2D eigenvalue weighted by molar-refractivity contribution is -0.113. The minimum atomic E-state index is -3.68. The van der Waals surface area contributed by atoms with Crippen molar-refractivity contribution in [3.05, 3.63) is 34.8 Å². The van der Waals surface area contributed by atoms with Gasteiger partial charge in [-0.1, -0.05) is 49.8 Å². The van der Waals surface area contributed by atoms with Crippen LogP contribution in [0.15, 0.2) is 29.2 Å². The van der Waals surface area contributed by atoms with E-state index in [4.69, 9.17) is 0 Å². The first-order chi connectivity index (χ1) is 11.1. The summed E-state index contributed by atoms with van der Waals surface area (Å²) in [6.45, 7) is 8.00. The minimum absolute atomic E-state index is 0.130. The van der Waals surface area contributed by atoms with Gasteiger partial charge in [-0.2, -0.15) is 0 Å². The Hall–Kier alpha value is -1.80. The van der Waals surface area contributed by atoms with Crippen molar-refractivity contribution in [1.82, 2.24) is 10.2 Å². The summed E-state index contributed by atoms with van der Waals surface area (Å²) in [5.41, 5.74) is 0.826. The van der Waals surface area contributed by atoms with E-state index < -0.39 is 21.5 Å². The maximum atomic E-state index is 12.3. The molecule has 0 fully saturated rings. The fraction of sp³-hybridized carbons (Fsp3) is 0.438. The van der Waals surface area contributed by atoms with Gasteiger partial charge in [0.05, 0.1) is 4.90 Å². The Morgan fingerprint density at radius 1 is 1.21 bits per heavy atom. The number of hydrogen-bond donors (Lipinski definition) is 1. The molecule has 0 aliphatic heterocycles. The zero-order valence-corrected chi connectivity index (χ0v) is 15.8. The number of nitrogens with zero attached hydrogens (tertiary/aromatic N) is 2. The van der Waals surface area contributed by atoms with Crippen molar-refractivity contribution in [2.75, 3.05) is 11.1 Å². The molecule has 0 saturated carbocycles. The second-order valence-electron chi connectivity index (χ2n) is 6.27. The molecule has 2 aromatic rings. The molecule has 1 heterocycles. The van der Waals surface area contributed by atoms with Crippen LogP contribution in [0, 0.1) is 6.92 Å². The number of carbonyl (C=O) groups is 1. The molecule has 1 aromatic carbocycles. The van der Waals surface area contributed by atoms with Crippen molar-refractivity contribution >= 4 is 32.2 Å². The maximum Gasteiger partial charge on any atom is 0.241 e. The van der Waals surface area contributed by atoms with E-state index in [1.54, 1.807) is 12.1 Å². The number of rotatable bonds is 6. The SMILES string of the molecule is CCC(C)(C)c1nnc(NC(=O)CS(=O)(=O)c2ccc(C)cc2)s1. The van der Waals surface area contributed by atoms with Crippen molar-refractivity contribution in [2.24, 2.45) is 0 Å². The van der Waals surface area contributed by atoms with Crippen LogP contribution in [0.5, 0.6) is 0 Å². The summed E-state index contributed by atoms with van der Waals surface area (Å²) in [6.07, 6.45) is 0.886. The number of amides is 1. The second kappa shape index (κ2) is 6.98. The van der Waals surface area contributed by atoms with Gasteiger partial charge in [0.25, 0.3) is 0 Å². The summed E-state index contributed by atoms with van der Waals surface area (Å²) in [6, 6.07) is 6.42. The normalized spacial score (nSPS) is 12.2. The first-order valence-corrected chi connectivity index (χ1v) is 10.0. The molecule has 24 heavy (non-hydrogen) atoms. The van der Waals surface area contributed by atoms with Gasteiger partial charge >= 0.3 is 0 Å². The number of nitrogens with one attached hydrogen (secondary N) is 1. The van der Waals surface area contributed by atoms with Crippen LogP contribution in [0.3, 0.4) is 0 Å². The molecule has 130 valence electrons. The average molecular weight is 367 g/mol. The molecule has 0 unspecified atom stereocenters. The standard InChI is InChI=1S/C16H21N3O3S2/c1-5-16(3,4)14-18-19-15(23-14)17-13(20)10-24(21,22)12-8-6-11(2)7-9-12/h6-9H,5,10H2,1-4H3,(H,17,19,20). The second-order valence-corrected chi connectivity index (χ2v) is 9.24. The largest absolute Gasteiger partial charge is 0.300 e. The summed E-state index contributed by atoms with van der Waals surface area (Å²) in [4.78, 5) is 12.2. The molecule has 1 aromatic heterocycles. The number of carbonyl (C=O) groups excluding carboxylic acids is 1. The van der Waals surface area contributed by atoms with Crippen molar-refractivity contribution < 1.29 is 13.2 Å². The van der Waals surface area contributed by atoms with E-state index in [0.717, 1.165) is 17.0 Å². The van der Waals surface area contributed by atoms with E-state index in [2.05, 4.69) is 15.5 Å². The summed E-state index contributed by atoms with van der Waals surface area (Å²) >= 11 is 1.27. The first-order valence-electron chi connectivity index (χ1n) is 7.57. The van der Waals surface area contributed by atoms with Crippen molar-refractivity contribution in [3.8, 4) is 0 Å². The molecule has 2 rings (SSSR count). The first kappa shape index (κ1) is 18.5. The molecule has 0 saturated heterocycles. The Kier molecular flexibility index (Phi) is 5.39. The highest BCUT2D eigenvalue weighted by Crippen LogP contribution is 2.30. The predicted molar refractivity (Wildman–Crippen MR) is 95.1 cm³/mol. The number of anilines is 1. The summed E-state index contributed by atoms with van der Waals surface area (Å²) in [7, 11) is -3.68. The minimum Gasteiger partial charge on any atom is -0.300 e. The molecule has 0 aliphatic rings. The molecule has 0 radical (unpaired) electrons. The van der Waals surface area contributed by atoms with Crippen LogP contribution in [0.1, 0.15) is 37.8 Å². The van der Waals surface area contributed by atoms with Crippen LogP contribution in [-0.4, -0.2) is 30.3 Å². The lowest BCUT2D eigenvalue weighted by Crippen LogP contribution is -2.23. The Morgan fingerprint density at radius 2 is 1.83 bits per heavy atom. The molecule has 0 aliphatic carbocycles. The van der Waals surface area contributed by atoms with E-state index in [1.807, 2.05) is 27.7 Å². The Bertz CT molecular complexity index is 825. The summed E-state index contributed by atoms with van der Waals surface area (Å²) in [5.74, 6) is -1.24. The van der Waals surface area contributed by atoms with E-state index in [0.29, 0.717) is 5.13 Å². The van der Waals surface area contributed by atoms with Gasteiger partial charge in [-0.25, -0.2) is 8.42 Å². The molecule has 0 atom stereocenters. The van der Waals surface area contributed by atoms with Crippen molar-refractivity contribution in [2.45, 2.75) is 44.4 Å². The van der Waals surface area contributed by atoms with Crippen LogP contribution in [0.25, 0.3) is 0 Å². The smallest absolute Gasteiger partial charge is 0.241 e. The molecular weight excluding hydrogens is 346 g/mol. The highest BCUT2D eigenvalue weighted by Gasteiger charge is 2.25. The van der Waals surface area contributed by atoms with Gasteiger partial charge in [0, 0.05) is 5.41 Å². The number of aromatic nitrogens is 2. The summed E-state index contributed by atoms with van der Waals surface area (Å²) < 4.78 is 24.5. The third-order valence-electron chi connectivity index (χ3n) is 3.84. The number of benzene rings is 1. The van der Waals surface area contributed by atoms with Gasteiger partial charge < -0.3 is 0 Å². The number of aryl methyl sites for hydroxylation is 1.